The van der Waals surface area contributed by atoms with Crippen LogP contribution < -0.4 is 11.0 Å². The van der Waals surface area contributed by atoms with Crippen molar-refractivity contribution in [2.24, 2.45) is 0 Å². The number of H-pyrrole nitrogens is 1. The van der Waals surface area contributed by atoms with Crippen LogP contribution in [0.1, 0.15) is 0 Å². The van der Waals surface area contributed by atoms with E-state index in [1.165, 1.54) is 12.1 Å². The first-order chi connectivity index (χ1) is 7.09. The number of benzene rings is 1. The zero-order valence-electron chi connectivity index (χ0n) is 7.45. The maximum absolute atomic E-state index is 13.3. The van der Waals surface area contributed by atoms with Gasteiger partial charge in [-0.1, -0.05) is 6.07 Å². The van der Waals surface area contributed by atoms with Crippen molar-refractivity contribution in [3.05, 3.63) is 50.7 Å². The van der Waals surface area contributed by atoms with E-state index in [0.717, 1.165) is 6.07 Å². The van der Waals surface area contributed by atoms with E-state index in [2.05, 4.69) is 4.98 Å². The second-order valence-electron chi connectivity index (χ2n) is 3.01. The fourth-order valence-corrected chi connectivity index (χ4v) is 1.33. The quantitative estimate of drug-likeness (QED) is 0.626. The summed E-state index contributed by atoms with van der Waals surface area (Å²) in [6.45, 7) is 0. The normalized spacial score (nSPS) is 10.5. The van der Waals surface area contributed by atoms with Gasteiger partial charge in [0.25, 0.3) is 5.56 Å². The molecule has 2 aromatic rings. The number of fused-ring (bicyclic) bond motifs is 1. The summed E-state index contributed by atoms with van der Waals surface area (Å²) in [6.07, 6.45) is 0. The predicted octanol–water partition coefficient (Wildman–Crippen LogP) is 0.733. The van der Waals surface area contributed by atoms with Crippen molar-refractivity contribution in [2.45, 2.75) is 0 Å². The van der Waals surface area contributed by atoms with Crippen LogP contribution in [0.25, 0.3) is 10.9 Å². The van der Waals surface area contributed by atoms with E-state index in [0.29, 0.717) is 6.07 Å². The van der Waals surface area contributed by atoms with E-state index in [4.69, 9.17) is 0 Å². The van der Waals surface area contributed by atoms with Gasteiger partial charge in [0.05, 0.1) is 10.9 Å². The Morgan fingerprint density at radius 3 is 2.73 bits per heavy atom. The lowest BCUT2D eigenvalue weighted by molar-refractivity contribution is 0.478. The minimum Gasteiger partial charge on any atom is -0.507 e. The predicted molar refractivity (Wildman–Crippen MR) is 52.5 cm³/mol. The highest BCUT2D eigenvalue weighted by molar-refractivity contribution is 5.84. The van der Waals surface area contributed by atoms with Crippen LogP contribution in [0.2, 0.25) is 0 Å². The monoisotopic (exact) mass is 207 g/mol. The molecule has 76 valence electrons. The van der Waals surface area contributed by atoms with Gasteiger partial charge in [-0.05, 0) is 12.1 Å². The third kappa shape index (κ3) is 1.48. The largest absolute Gasteiger partial charge is 0.507 e. The van der Waals surface area contributed by atoms with E-state index in [9.17, 15) is 19.1 Å². The summed E-state index contributed by atoms with van der Waals surface area (Å²) >= 11 is 0. The zero-order chi connectivity index (χ0) is 11.0. The highest BCUT2D eigenvalue weighted by Crippen LogP contribution is 2.22. The number of aromatic hydroxyl groups is 1. The van der Waals surface area contributed by atoms with Crippen LogP contribution in [-0.4, -0.2) is 10.1 Å². The van der Waals surface area contributed by atoms with Crippen molar-refractivity contribution in [1.29, 1.82) is 0 Å². The Bertz CT molecular complexity index is 648. The number of nitrogens with one attached hydrogen (secondary N) is 1. The van der Waals surface area contributed by atoms with E-state index in [1.54, 1.807) is 0 Å². The van der Waals surface area contributed by atoms with Gasteiger partial charge in [-0.3, -0.25) is 9.59 Å². The summed E-state index contributed by atoms with van der Waals surface area (Å²) in [7, 11) is 0. The molecule has 4 nitrogen and oxygen atoms in total. The van der Waals surface area contributed by atoms with Crippen LogP contribution in [0, 0.1) is 5.82 Å². The lowest BCUT2D eigenvalue weighted by Gasteiger charge is -1.95. The third-order valence-electron chi connectivity index (χ3n) is 2.01. The molecule has 0 aliphatic heterocycles. The highest BCUT2D eigenvalue weighted by Gasteiger charge is 2.06. The van der Waals surface area contributed by atoms with Gasteiger partial charge in [0, 0.05) is 6.07 Å². The minimum atomic E-state index is -0.914. The summed E-state index contributed by atoms with van der Waals surface area (Å²) in [5.41, 5.74) is -1.73. The first-order valence-corrected chi connectivity index (χ1v) is 4.14. The molecule has 5 heteroatoms. The Balaban J connectivity index is 3.17. The Hall–Kier alpha value is -2.17. The van der Waals surface area contributed by atoms with Gasteiger partial charge in [0.2, 0.25) is 5.43 Å². The topological polar surface area (TPSA) is 70.2 Å². The van der Waals surface area contributed by atoms with Gasteiger partial charge in [0.1, 0.15) is 11.6 Å². The molecule has 2 rings (SSSR count). The van der Waals surface area contributed by atoms with Gasteiger partial charge < -0.3 is 10.1 Å². The molecule has 0 aliphatic rings. The van der Waals surface area contributed by atoms with Gasteiger partial charge in [-0.25, -0.2) is 4.39 Å². The van der Waals surface area contributed by atoms with Crippen molar-refractivity contribution in [2.75, 3.05) is 0 Å². The third-order valence-corrected chi connectivity index (χ3v) is 2.01. The minimum absolute atomic E-state index is 0.0830. The van der Waals surface area contributed by atoms with Gasteiger partial charge in [-0.2, -0.15) is 0 Å². The maximum Gasteiger partial charge on any atom is 0.296 e. The summed E-state index contributed by atoms with van der Waals surface area (Å²) in [6, 6.07) is 4.60. The summed E-state index contributed by atoms with van der Waals surface area (Å²) in [5.74, 6) is -1.25. The van der Waals surface area contributed by atoms with E-state index in [1.807, 2.05) is 0 Å². The summed E-state index contributed by atoms with van der Waals surface area (Å²) in [5, 5.41) is 9.25. The molecular formula is C10H6FNO3. The Labute approximate surface area is 82.6 Å². The molecule has 0 atom stereocenters. The molecule has 0 fully saturated rings. The smallest absolute Gasteiger partial charge is 0.296 e. The molecule has 2 N–H and O–H groups in total. The van der Waals surface area contributed by atoms with Crippen LogP contribution in [0.15, 0.2) is 33.9 Å². The van der Waals surface area contributed by atoms with E-state index >= 15 is 0 Å². The zero-order valence-corrected chi connectivity index (χ0v) is 7.45. The first kappa shape index (κ1) is 9.39. The van der Waals surface area contributed by atoms with Gasteiger partial charge >= 0.3 is 0 Å². The standard InChI is InChI=1S/C10H6FNO3/c11-5-2-1-3-6-9(5)7(13)4-8(14)10(15)12-6/h1-4,13H,(H,12,14,15). The number of rotatable bonds is 0. The summed E-state index contributed by atoms with van der Waals surface area (Å²) < 4.78 is 13.3. The summed E-state index contributed by atoms with van der Waals surface area (Å²) in [4.78, 5) is 24.3. The fourth-order valence-electron chi connectivity index (χ4n) is 1.33. The number of aromatic amines is 1. The maximum atomic E-state index is 13.3. The molecular weight excluding hydrogens is 201 g/mol. The van der Waals surface area contributed by atoms with E-state index < -0.39 is 22.6 Å². The SMILES string of the molecule is O=c1cc(O)c2c(F)cccc2[nH]c1=O. The molecule has 15 heavy (non-hydrogen) atoms. The average molecular weight is 207 g/mol. The van der Waals surface area contributed by atoms with Gasteiger partial charge in [-0.15, -0.1) is 0 Å². The van der Waals surface area contributed by atoms with Crippen molar-refractivity contribution >= 4 is 10.9 Å². The molecule has 0 saturated heterocycles. The number of aromatic nitrogens is 1. The van der Waals surface area contributed by atoms with Crippen LogP contribution in [0.5, 0.6) is 5.75 Å². The average Bonchev–Trinajstić information content (AvgIpc) is 2.26. The molecule has 0 saturated carbocycles. The molecule has 0 radical (unpaired) electrons. The highest BCUT2D eigenvalue weighted by atomic mass is 19.1. The van der Waals surface area contributed by atoms with Crippen molar-refractivity contribution in [3.8, 4) is 5.75 Å². The molecule has 0 unspecified atom stereocenters. The number of hydrogen-bond donors (Lipinski definition) is 2. The lowest BCUT2D eigenvalue weighted by atomic mass is 10.2. The van der Waals surface area contributed by atoms with E-state index in [-0.39, 0.29) is 10.9 Å². The van der Waals surface area contributed by atoms with Gasteiger partial charge in [0.15, 0.2) is 0 Å². The van der Waals surface area contributed by atoms with Crippen LogP contribution in [0.4, 0.5) is 4.39 Å². The van der Waals surface area contributed by atoms with Crippen molar-refractivity contribution < 1.29 is 9.50 Å². The fraction of sp³-hybridized carbons (Fsp3) is 0. The Morgan fingerprint density at radius 1 is 1.27 bits per heavy atom. The van der Waals surface area contributed by atoms with Crippen LogP contribution in [-0.2, 0) is 0 Å². The second kappa shape index (κ2) is 3.20. The molecule has 0 bridgehead atoms. The molecule has 0 amide bonds. The molecule has 1 aromatic heterocycles. The van der Waals surface area contributed by atoms with Crippen LogP contribution >= 0.6 is 0 Å². The molecule has 1 aromatic carbocycles. The molecule has 1 heterocycles. The molecule has 0 aliphatic carbocycles. The molecule has 0 spiro atoms. The lowest BCUT2D eigenvalue weighted by Crippen LogP contribution is -2.22. The second-order valence-corrected chi connectivity index (χ2v) is 3.01. The van der Waals surface area contributed by atoms with Crippen LogP contribution in [0.3, 0.4) is 0 Å². The number of halogens is 1. The first-order valence-electron chi connectivity index (χ1n) is 4.14. The Kier molecular flexibility index (Phi) is 2.00. The van der Waals surface area contributed by atoms with Crippen molar-refractivity contribution in [3.63, 3.8) is 0 Å². The van der Waals surface area contributed by atoms with Crippen molar-refractivity contribution in [1.82, 2.24) is 4.98 Å². The number of hydrogen-bond acceptors (Lipinski definition) is 3. The Morgan fingerprint density at radius 2 is 2.00 bits per heavy atom.